The van der Waals surface area contributed by atoms with Gasteiger partial charge in [-0.3, -0.25) is 4.79 Å². The van der Waals surface area contributed by atoms with Gasteiger partial charge in [0.15, 0.2) is 0 Å². The van der Waals surface area contributed by atoms with E-state index in [0.29, 0.717) is 15.8 Å². The zero-order valence-electron chi connectivity index (χ0n) is 14.0. The van der Waals surface area contributed by atoms with E-state index in [0.717, 1.165) is 29.7 Å². The molecule has 5 heteroatoms. The number of thioether (sulfide) groups is 1. The number of ether oxygens (including phenoxy) is 1. The fraction of sp³-hybridized carbons (Fsp3) is 0.200. The topological polar surface area (TPSA) is 38.3 Å². The first kappa shape index (κ1) is 17.7. The van der Waals surface area contributed by atoms with Crippen molar-refractivity contribution in [1.82, 2.24) is 5.32 Å². The summed E-state index contributed by atoms with van der Waals surface area (Å²) in [6.45, 7) is 2.72. The van der Waals surface area contributed by atoms with Gasteiger partial charge in [0, 0.05) is 0 Å². The molecule has 128 valence electrons. The zero-order chi connectivity index (χ0) is 17.6. The van der Waals surface area contributed by atoms with Crippen molar-refractivity contribution >= 4 is 40.3 Å². The molecule has 3 nitrogen and oxygen atoms in total. The maximum atomic E-state index is 11.7. The highest BCUT2D eigenvalue weighted by Crippen LogP contribution is 2.26. The number of hydrogen-bond acceptors (Lipinski definition) is 4. The number of aryl methyl sites for hydroxylation is 1. The number of carbonyl (C=O) groups is 1. The molecule has 1 amide bonds. The Labute approximate surface area is 157 Å². The van der Waals surface area contributed by atoms with Crippen LogP contribution in [0.15, 0.2) is 53.4 Å². The Morgan fingerprint density at radius 2 is 1.76 bits per heavy atom. The van der Waals surface area contributed by atoms with Crippen LogP contribution in [0, 0.1) is 0 Å². The Morgan fingerprint density at radius 1 is 1.08 bits per heavy atom. The van der Waals surface area contributed by atoms with Crippen LogP contribution in [0.3, 0.4) is 0 Å². The van der Waals surface area contributed by atoms with Crippen molar-refractivity contribution in [2.24, 2.45) is 0 Å². The minimum absolute atomic E-state index is 0.137. The van der Waals surface area contributed by atoms with Gasteiger partial charge in [0.05, 0.1) is 4.91 Å². The van der Waals surface area contributed by atoms with Crippen LogP contribution in [0.1, 0.15) is 30.0 Å². The lowest BCUT2D eigenvalue weighted by molar-refractivity contribution is -0.115. The molecule has 0 unspecified atom stereocenters. The summed E-state index contributed by atoms with van der Waals surface area (Å²) in [4.78, 5) is 12.3. The molecule has 1 saturated heterocycles. The molecular weight excluding hydrogens is 350 g/mol. The third kappa shape index (κ3) is 4.94. The van der Waals surface area contributed by atoms with Crippen LogP contribution >= 0.6 is 24.0 Å². The lowest BCUT2D eigenvalue weighted by atomic mass is 10.1. The molecule has 1 fully saturated rings. The van der Waals surface area contributed by atoms with Crippen molar-refractivity contribution < 1.29 is 9.53 Å². The second-order valence-corrected chi connectivity index (χ2v) is 7.50. The predicted molar refractivity (Wildman–Crippen MR) is 108 cm³/mol. The monoisotopic (exact) mass is 369 g/mol. The highest BCUT2D eigenvalue weighted by Gasteiger charge is 2.21. The number of amides is 1. The van der Waals surface area contributed by atoms with Gasteiger partial charge in [0.25, 0.3) is 5.91 Å². The van der Waals surface area contributed by atoms with Gasteiger partial charge < -0.3 is 10.1 Å². The van der Waals surface area contributed by atoms with E-state index in [4.69, 9.17) is 17.0 Å². The third-order valence-electron chi connectivity index (χ3n) is 3.79. The van der Waals surface area contributed by atoms with Crippen LogP contribution < -0.4 is 10.1 Å². The number of nitrogens with one attached hydrogen (secondary N) is 1. The van der Waals surface area contributed by atoms with Gasteiger partial charge in [-0.1, -0.05) is 73.7 Å². The molecule has 1 N–H and O–H groups in total. The summed E-state index contributed by atoms with van der Waals surface area (Å²) in [6.07, 6.45) is 4.10. The second-order valence-electron chi connectivity index (χ2n) is 5.78. The summed E-state index contributed by atoms with van der Waals surface area (Å²) in [7, 11) is 0. The van der Waals surface area contributed by atoms with Gasteiger partial charge in [0.1, 0.15) is 16.7 Å². The van der Waals surface area contributed by atoms with E-state index in [1.807, 2.05) is 30.3 Å². The minimum Gasteiger partial charge on any atom is -0.489 e. The first-order valence-corrected chi connectivity index (χ1v) is 9.42. The average molecular weight is 370 g/mol. The van der Waals surface area contributed by atoms with E-state index >= 15 is 0 Å². The van der Waals surface area contributed by atoms with Crippen LogP contribution in [0.25, 0.3) is 6.08 Å². The Morgan fingerprint density at radius 3 is 2.36 bits per heavy atom. The van der Waals surface area contributed by atoms with Gasteiger partial charge in [-0.25, -0.2) is 0 Å². The summed E-state index contributed by atoms with van der Waals surface area (Å²) in [5.41, 5.74) is 3.45. The molecule has 0 aliphatic carbocycles. The normalized spacial score (nSPS) is 15.5. The Balaban J connectivity index is 1.58. The van der Waals surface area contributed by atoms with Crippen LogP contribution in [-0.2, 0) is 17.8 Å². The number of benzene rings is 2. The van der Waals surface area contributed by atoms with E-state index in [2.05, 4.69) is 36.5 Å². The number of thiocarbonyl (C=S) groups is 1. The van der Waals surface area contributed by atoms with E-state index in [9.17, 15) is 4.79 Å². The summed E-state index contributed by atoms with van der Waals surface area (Å²) >= 11 is 6.27. The molecule has 0 atom stereocenters. The smallest absolute Gasteiger partial charge is 0.263 e. The van der Waals surface area contributed by atoms with Crippen molar-refractivity contribution in [3.63, 3.8) is 0 Å². The standard InChI is InChI=1S/C20H19NO2S2/c1-2-3-14-4-6-16(7-5-14)13-23-17-10-8-15(9-11-17)12-18-19(22)21-20(24)25-18/h4-12H,2-3,13H2,1H3,(H,21,22,24)/b18-12-. The summed E-state index contributed by atoms with van der Waals surface area (Å²) in [5.74, 6) is 0.667. The molecule has 2 aromatic carbocycles. The molecule has 2 aromatic rings. The van der Waals surface area contributed by atoms with Crippen molar-refractivity contribution in [2.45, 2.75) is 26.4 Å². The van der Waals surface area contributed by atoms with Crippen molar-refractivity contribution in [1.29, 1.82) is 0 Å². The molecule has 25 heavy (non-hydrogen) atoms. The Hall–Kier alpha value is -2.11. The van der Waals surface area contributed by atoms with Gasteiger partial charge in [0.2, 0.25) is 0 Å². The van der Waals surface area contributed by atoms with Gasteiger partial charge >= 0.3 is 0 Å². The molecule has 0 spiro atoms. The molecule has 1 aliphatic heterocycles. The lowest BCUT2D eigenvalue weighted by Crippen LogP contribution is -2.17. The number of carbonyl (C=O) groups excluding carboxylic acids is 1. The highest BCUT2D eigenvalue weighted by molar-refractivity contribution is 8.26. The first-order chi connectivity index (χ1) is 12.1. The Bertz CT molecular complexity index is 795. The largest absolute Gasteiger partial charge is 0.489 e. The quantitative estimate of drug-likeness (QED) is 0.591. The highest BCUT2D eigenvalue weighted by atomic mass is 32.2. The van der Waals surface area contributed by atoms with Gasteiger partial charge in [-0.2, -0.15) is 0 Å². The molecular formula is C20H19NO2S2. The van der Waals surface area contributed by atoms with E-state index in [-0.39, 0.29) is 5.91 Å². The molecule has 0 saturated carbocycles. The average Bonchev–Trinajstić information content (AvgIpc) is 2.93. The third-order valence-corrected chi connectivity index (χ3v) is 4.95. The fourth-order valence-electron chi connectivity index (χ4n) is 2.49. The number of hydrogen-bond donors (Lipinski definition) is 1. The molecule has 0 bridgehead atoms. The van der Waals surface area contributed by atoms with Crippen molar-refractivity contribution in [2.75, 3.05) is 0 Å². The van der Waals surface area contributed by atoms with Crippen LogP contribution in [0.4, 0.5) is 0 Å². The van der Waals surface area contributed by atoms with Crippen LogP contribution in [0.5, 0.6) is 5.75 Å². The Kier molecular flexibility index (Phi) is 5.89. The van der Waals surface area contributed by atoms with Crippen LogP contribution in [0.2, 0.25) is 0 Å². The van der Waals surface area contributed by atoms with Crippen molar-refractivity contribution in [3.05, 3.63) is 70.1 Å². The fourth-order valence-corrected chi connectivity index (χ4v) is 3.53. The number of rotatable bonds is 6. The minimum atomic E-state index is -0.137. The van der Waals surface area contributed by atoms with Crippen LogP contribution in [-0.4, -0.2) is 10.2 Å². The first-order valence-electron chi connectivity index (χ1n) is 8.19. The molecule has 3 rings (SSSR count). The maximum Gasteiger partial charge on any atom is 0.263 e. The molecule has 1 heterocycles. The molecule has 1 aliphatic rings. The lowest BCUT2D eigenvalue weighted by Gasteiger charge is -2.07. The predicted octanol–water partition coefficient (Wildman–Crippen LogP) is 4.71. The second kappa shape index (κ2) is 8.32. The van der Waals surface area contributed by atoms with Gasteiger partial charge in [-0.05, 0) is 41.3 Å². The van der Waals surface area contributed by atoms with E-state index in [1.165, 1.54) is 17.3 Å². The SMILES string of the molecule is CCCc1ccc(COc2ccc(/C=C3\SC(=S)NC3=O)cc2)cc1. The van der Waals surface area contributed by atoms with E-state index < -0.39 is 0 Å². The van der Waals surface area contributed by atoms with Gasteiger partial charge in [-0.15, -0.1) is 0 Å². The summed E-state index contributed by atoms with van der Waals surface area (Å²) in [5, 5.41) is 2.61. The zero-order valence-corrected chi connectivity index (χ0v) is 15.6. The maximum absolute atomic E-state index is 11.7. The molecule has 0 aromatic heterocycles. The van der Waals surface area contributed by atoms with E-state index in [1.54, 1.807) is 0 Å². The summed E-state index contributed by atoms with van der Waals surface area (Å²) in [6, 6.07) is 16.2. The van der Waals surface area contributed by atoms with Crippen molar-refractivity contribution in [3.8, 4) is 5.75 Å². The summed E-state index contributed by atoms with van der Waals surface area (Å²) < 4.78 is 6.33. The molecule has 0 radical (unpaired) electrons.